The van der Waals surface area contributed by atoms with Gasteiger partial charge in [0.2, 0.25) is 5.88 Å². The number of methoxy groups -OCH3 is 1. The summed E-state index contributed by atoms with van der Waals surface area (Å²) >= 11 is 0. The SMILES string of the molecule is COc1cccc(-c2cnc3c(c2)C(=O)N([C@H](C)CO)C[C@H](C)[C@H](CN(C)C(=O)NC2CCCC2)O3)c1. The highest BCUT2D eigenvalue weighted by Gasteiger charge is 2.35. The summed E-state index contributed by atoms with van der Waals surface area (Å²) in [6.45, 7) is 4.38. The lowest BCUT2D eigenvalue weighted by atomic mass is 9.99. The fraction of sp³-hybridized carbons (Fsp3) is 0.536. The summed E-state index contributed by atoms with van der Waals surface area (Å²) in [6.07, 6.45) is 5.60. The third kappa shape index (κ3) is 6.15. The molecule has 0 radical (unpaired) electrons. The fourth-order valence-electron chi connectivity index (χ4n) is 4.99. The number of aliphatic hydroxyl groups is 1. The van der Waals surface area contributed by atoms with Gasteiger partial charge in [0.25, 0.3) is 5.91 Å². The van der Waals surface area contributed by atoms with E-state index < -0.39 is 6.10 Å². The van der Waals surface area contributed by atoms with Crippen molar-refractivity contribution in [3.05, 3.63) is 42.1 Å². The number of ether oxygens (including phenoxy) is 2. The number of hydrogen-bond acceptors (Lipinski definition) is 6. The highest BCUT2D eigenvalue weighted by Crippen LogP contribution is 2.31. The van der Waals surface area contributed by atoms with Crippen molar-refractivity contribution in [1.82, 2.24) is 20.1 Å². The summed E-state index contributed by atoms with van der Waals surface area (Å²) in [5, 5.41) is 13.0. The first-order valence-electron chi connectivity index (χ1n) is 13.0. The second-order valence-corrected chi connectivity index (χ2v) is 10.2. The molecule has 3 atom stereocenters. The highest BCUT2D eigenvalue weighted by molar-refractivity contribution is 5.98. The molecule has 1 aromatic heterocycles. The quantitative estimate of drug-likeness (QED) is 0.590. The molecular weight excluding hydrogens is 472 g/mol. The molecule has 2 aliphatic rings. The monoisotopic (exact) mass is 510 g/mol. The molecule has 1 saturated carbocycles. The number of benzene rings is 1. The van der Waals surface area contributed by atoms with Crippen molar-refractivity contribution in [3.8, 4) is 22.8 Å². The van der Waals surface area contributed by atoms with E-state index in [9.17, 15) is 14.7 Å². The smallest absolute Gasteiger partial charge is 0.317 e. The molecule has 2 N–H and O–H groups in total. The second-order valence-electron chi connectivity index (χ2n) is 10.2. The van der Waals surface area contributed by atoms with Crippen molar-refractivity contribution in [3.63, 3.8) is 0 Å². The summed E-state index contributed by atoms with van der Waals surface area (Å²) < 4.78 is 11.7. The van der Waals surface area contributed by atoms with Crippen LogP contribution in [-0.4, -0.2) is 83.9 Å². The van der Waals surface area contributed by atoms with Crippen LogP contribution in [0.3, 0.4) is 0 Å². The van der Waals surface area contributed by atoms with Crippen molar-refractivity contribution < 1.29 is 24.2 Å². The number of hydrogen-bond donors (Lipinski definition) is 2. The zero-order valence-corrected chi connectivity index (χ0v) is 22.1. The van der Waals surface area contributed by atoms with Crippen LogP contribution in [0, 0.1) is 5.92 Å². The number of likely N-dealkylation sites (N-methyl/N-ethyl adjacent to an activating group) is 1. The highest BCUT2D eigenvalue weighted by atomic mass is 16.5. The number of nitrogens with one attached hydrogen (secondary N) is 1. The van der Waals surface area contributed by atoms with Gasteiger partial charge in [-0.25, -0.2) is 9.78 Å². The van der Waals surface area contributed by atoms with Gasteiger partial charge in [0.15, 0.2) is 0 Å². The molecule has 1 fully saturated rings. The number of urea groups is 1. The maximum Gasteiger partial charge on any atom is 0.317 e. The Morgan fingerprint density at radius 2 is 2.05 bits per heavy atom. The topological polar surface area (TPSA) is 104 Å². The van der Waals surface area contributed by atoms with E-state index in [1.165, 1.54) is 0 Å². The summed E-state index contributed by atoms with van der Waals surface area (Å²) in [6, 6.07) is 9.05. The number of aromatic nitrogens is 1. The van der Waals surface area contributed by atoms with Gasteiger partial charge in [-0.3, -0.25) is 4.79 Å². The minimum atomic E-state index is -0.394. The Balaban J connectivity index is 1.63. The van der Waals surface area contributed by atoms with Gasteiger partial charge in [0.1, 0.15) is 17.4 Å². The van der Waals surface area contributed by atoms with Crippen LogP contribution in [0.25, 0.3) is 11.1 Å². The second kappa shape index (κ2) is 11.8. The molecule has 3 amide bonds. The molecule has 1 aromatic carbocycles. The first-order valence-corrected chi connectivity index (χ1v) is 13.0. The van der Waals surface area contributed by atoms with Gasteiger partial charge in [-0.2, -0.15) is 0 Å². The molecule has 1 aliphatic carbocycles. The van der Waals surface area contributed by atoms with E-state index in [0.29, 0.717) is 24.4 Å². The van der Waals surface area contributed by atoms with Crippen LogP contribution in [0.4, 0.5) is 4.79 Å². The van der Waals surface area contributed by atoms with Gasteiger partial charge >= 0.3 is 6.03 Å². The van der Waals surface area contributed by atoms with Gasteiger partial charge in [-0.15, -0.1) is 0 Å². The molecule has 37 heavy (non-hydrogen) atoms. The average molecular weight is 511 g/mol. The van der Waals surface area contributed by atoms with Crippen molar-refractivity contribution in [1.29, 1.82) is 0 Å². The molecule has 0 saturated heterocycles. The van der Waals surface area contributed by atoms with Crippen LogP contribution >= 0.6 is 0 Å². The first kappa shape index (κ1) is 26.7. The molecule has 2 heterocycles. The van der Waals surface area contributed by atoms with E-state index >= 15 is 0 Å². The van der Waals surface area contributed by atoms with E-state index in [1.54, 1.807) is 36.2 Å². The summed E-state index contributed by atoms with van der Waals surface area (Å²) in [5.74, 6) is 0.585. The number of amides is 3. The minimum Gasteiger partial charge on any atom is -0.497 e. The zero-order chi connectivity index (χ0) is 26.5. The Morgan fingerprint density at radius 1 is 1.30 bits per heavy atom. The van der Waals surface area contributed by atoms with Crippen molar-refractivity contribution in [2.75, 3.05) is 33.9 Å². The van der Waals surface area contributed by atoms with E-state index in [1.807, 2.05) is 38.1 Å². The molecule has 4 rings (SSSR count). The van der Waals surface area contributed by atoms with Crippen LogP contribution in [0.15, 0.2) is 36.5 Å². The van der Waals surface area contributed by atoms with E-state index in [0.717, 1.165) is 36.8 Å². The molecule has 9 nitrogen and oxygen atoms in total. The number of rotatable bonds is 7. The van der Waals surface area contributed by atoms with E-state index in [4.69, 9.17) is 9.47 Å². The van der Waals surface area contributed by atoms with Crippen molar-refractivity contribution in [2.24, 2.45) is 5.92 Å². The number of carbonyl (C=O) groups is 2. The van der Waals surface area contributed by atoms with Crippen LogP contribution in [0.5, 0.6) is 11.6 Å². The molecule has 0 spiro atoms. The number of fused-ring (bicyclic) bond motifs is 1. The maximum absolute atomic E-state index is 13.7. The lowest BCUT2D eigenvalue weighted by molar-refractivity contribution is 0.0351. The van der Waals surface area contributed by atoms with Gasteiger partial charge < -0.3 is 29.7 Å². The maximum atomic E-state index is 13.7. The normalized spacial score (nSPS) is 20.9. The van der Waals surface area contributed by atoms with Gasteiger partial charge in [-0.05, 0) is 43.5 Å². The number of pyridine rings is 1. The van der Waals surface area contributed by atoms with Crippen LogP contribution in [0.1, 0.15) is 49.9 Å². The molecular formula is C28H38N4O5. The molecule has 0 bridgehead atoms. The molecule has 1 aliphatic heterocycles. The van der Waals surface area contributed by atoms with Gasteiger partial charge in [0, 0.05) is 37.3 Å². The Kier molecular flexibility index (Phi) is 8.53. The third-order valence-electron chi connectivity index (χ3n) is 7.41. The lowest BCUT2D eigenvalue weighted by Gasteiger charge is -2.37. The van der Waals surface area contributed by atoms with E-state index in [-0.39, 0.29) is 42.4 Å². The van der Waals surface area contributed by atoms with Gasteiger partial charge in [-0.1, -0.05) is 31.9 Å². The standard InChI is InChI=1S/C28H38N4O5/c1-18-15-32(19(2)17-33)27(34)24-13-21(20-8-7-11-23(12-20)36-4)14-29-26(24)37-25(18)16-31(3)28(35)30-22-9-5-6-10-22/h7-8,11-14,18-19,22,25,33H,5-6,9-10,15-17H2,1-4H3,(H,30,35)/t18-,19+,25-/m0/s1. The Hall–Kier alpha value is -3.33. The number of aliphatic hydroxyl groups excluding tert-OH is 1. The summed E-state index contributed by atoms with van der Waals surface area (Å²) in [5.41, 5.74) is 1.94. The van der Waals surface area contributed by atoms with Crippen LogP contribution < -0.4 is 14.8 Å². The van der Waals surface area contributed by atoms with Gasteiger partial charge in [0.05, 0.1) is 26.3 Å². The molecule has 0 unspecified atom stereocenters. The molecule has 200 valence electrons. The largest absolute Gasteiger partial charge is 0.497 e. The zero-order valence-electron chi connectivity index (χ0n) is 22.1. The Labute approximate surface area is 218 Å². The van der Waals surface area contributed by atoms with Crippen LogP contribution in [-0.2, 0) is 0 Å². The van der Waals surface area contributed by atoms with Crippen LogP contribution in [0.2, 0.25) is 0 Å². The Morgan fingerprint density at radius 3 is 2.76 bits per heavy atom. The third-order valence-corrected chi connectivity index (χ3v) is 7.41. The average Bonchev–Trinajstić information content (AvgIpc) is 3.43. The minimum absolute atomic E-state index is 0.104. The summed E-state index contributed by atoms with van der Waals surface area (Å²) in [4.78, 5) is 34.4. The fourth-order valence-corrected chi connectivity index (χ4v) is 4.99. The molecule has 9 heteroatoms. The van der Waals surface area contributed by atoms with E-state index in [2.05, 4.69) is 10.3 Å². The molecule has 2 aromatic rings. The van der Waals surface area contributed by atoms with Crippen molar-refractivity contribution >= 4 is 11.9 Å². The first-order chi connectivity index (χ1) is 17.8. The number of nitrogens with zero attached hydrogens (tertiary/aromatic N) is 3. The number of carbonyl (C=O) groups excluding carboxylic acids is 2. The predicted octanol–water partition coefficient (Wildman–Crippen LogP) is 3.56. The van der Waals surface area contributed by atoms with Crippen molar-refractivity contribution in [2.45, 2.75) is 57.7 Å². The lowest BCUT2D eigenvalue weighted by Crippen LogP contribution is -2.52. The summed E-state index contributed by atoms with van der Waals surface area (Å²) in [7, 11) is 3.37. The Bertz CT molecular complexity index is 1100. The predicted molar refractivity (Wildman–Crippen MR) is 141 cm³/mol.